The first-order chi connectivity index (χ1) is 6.37. The molecule has 3 nitrogen and oxygen atoms in total. The van der Waals surface area contributed by atoms with Crippen molar-refractivity contribution in [1.82, 2.24) is 0 Å². The van der Waals surface area contributed by atoms with Crippen LogP contribution in [0.15, 0.2) is 0 Å². The molecular weight excluding hydrogens is 198 g/mol. The number of carbonyl (C=O) groups is 1. The van der Waals surface area contributed by atoms with E-state index in [0.717, 1.165) is 6.42 Å². The van der Waals surface area contributed by atoms with Crippen molar-refractivity contribution in [2.75, 3.05) is 12.4 Å². The number of ether oxygens (including phenoxy) is 1. The maximum absolute atomic E-state index is 11.2. The van der Waals surface area contributed by atoms with Crippen molar-refractivity contribution in [2.45, 2.75) is 39.7 Å². The first kappa shape index (κ1) is 13.8. The molecule has 0 bridgehead atoms. The summed E-state index contributed by atoms with van der Waals surface area (Å²) in [6.45, 7) is 6.76. The van der Waals surface area contributed by atoms with Crippen LogP contribution in [0.4, 0.5) is 0 Å². The van der Waals surface area contributed by atoms with Crippen LogP contribution in [0.25, 0.3) is 0 Å². The van der Waals surface area contributed by atoms with E-state index in [4.69, 9.17) is 10.5 Å². The van der Waals surface area contributed by atoms with Crippen LogP contribution in [0.3, 0.4) is 0 Å². The van der Waals surface area contributed by atoms with Crippen molar-refractivity contribution in [3.63, 3.8) is 0 Å². The van der Waals surface area contributed by atoms with Crippen LogP contribution >= 0.6 is 12.6 Å². The second-order valence-corrected chi connectivity index (χ2v) is 5.04. The summed E-state index contributed by atoms with van der Waals surface area (Å²) in [6.07, 6.45) is 1.42. The summed E-state index contributed by atoms with van der Waals surface area (Å²) in [5.74, 6) is 0.290. The number of hydrogen-bond acceptors (Lipinski definition) is 4. The Morgan fingerprint density at radius 3 is 2.50 bits per heavy atom. The van der Waals surface area contributed by atoms with Crippen molar-refractivity contribution < 1.29 is 9.53 Å². The van der Waals surface area contributed by atoms with E-state index < -0.39 is 6.04 Å². The molecule has 2 N–H and O–H groups in total. The summed E-state index contributed by atoms with van der Waals surface area (Å²) in [5.41, 5.74) is 5.74. The van der Waals surface area contributed by atoms with Gasteiger partial charge in [0.1, 0.15) is 6.04 Å². The molecule has 1 atom stereocenters. The Kier molecular flexibility index (Phi) is 6.20. The van der Waals surface area contributed by atoms with Gasteiger partial charge < -0.3 is 10.5 Å². The zero-order valence-electron chi connectivity index (χ0n) is 9.25. The maximum atomic E-state index is 11.2. The standard InChI is InChI=1S/C10H21NO2S/c1-10(2,3)5-6-13-9(12)8(11)4-7-14/h8,14H,4-7,11H2,1-3H3. The monoisotopic (exact) mass is 219 g/mol. The Labute approximate surface area is 91.8 Å². The molecule has 0 heterocycles. The predicted octanol–water partition coefficient (Wildman–Crippen LogP) is 1.61. The van der Waals surface area contributed by atoms with Crippen molar-refractivity contribution in [1.29, 1.82) is 0 Å². The fourth-order valence-electron chi connectivity index (χ4n) is 0.822. The summed E-state index contributed by atoms with van der Waals surface area (Å²) in [5, 5.41) is 0. The molecule has 14 heavy (non-hydrogen) atoms. The Balaban J connectivity index is 3.64. The Hall–Kier alpha value is -0.220. The molecule has 4 heteroatoms. The smallest absolute Gasteiger partial charge is 0.322 e. The molecule has 0 fully saturated rings. The number of hydrogen-bond donors (Lipinski definition) is 2. The molecule has 0 saturated heterocycles. The van der Waals surface area contributed by atoms with Gasteiger partial charge in [-0.2, -0.15) is 12.6 Å². The van der Waals surface area contributed by atoms with Crippen LogP contribution in [0, 0.1) is 5.41 Å². The third kappa shape index (κ3) is 7.21. The highest BCUT2D eigenvalue weighted by atomic mass is 32.1. The average molecular weight is 219 g/mol. The molecule has 0 aliphatic heterocycles. The van der Waals surface area contributed by atoms with Gasteiger partial charge in [0.15, 0.2) is 0 Å². The van der Waals surface area contributed by atoms with Gasteiger partial charge in [0.25, 0.3) is 0 Å². The minimum atomic E-state index is -0.521. The number of rotatable bonds is 5. The van der Waals surface area contributed by atoms with E-state index in [1.807, 2.05) is 0 Å². The lowest BCUT2D eigenvalue weighted by Crippen LogP contribution is -2.33. The van der Waals surface area contributed by atoms with E-state index in [1.54, 1.807) is 0 Å². The second-order valence-electron chi connectivity index (χ2n) is 4.60. The van der Waals surface area contributed by atoms with Gasteiger partial charge in [-0.25, -0.2) is 0 Å². The van der Waals surface area contributed by atoms with Crippen molar-refractivity contribution in [2.24, 2.45) is 11.1 Å². The predicted molar refractivity (Wildman–Crippen MR) is 61.5 cm³/mol. The summed E-state index contributed by atoms with van der Waals surface area (Å²) < 4.78 is 5.03. The van der Waals surface area contributed by atoms with E-state index in [2.05, 4.69) is 33.4 Å². The Morgan fingerprint density at radius 1 is 1.50 bits per heavy atom. The highest BCUT2D eigenvalue weighted by molar-refractivity contribution is 7.80. The molecule has 0 aromatic rings. The minimum Gasteiger partial charge on any atom is -0.465 e. The van der Waals surface area contributed by atoms with Gasteiger partial charge in [0.05, 0.1) is 6.61 Å². The molecular formula is C10H21NO2S. The number of nitrogens with two attached hydrogens (primary N) is 1. The van der Waals surface area contributed by atoms with Crippen molar-refractivity contribution >= 4 is 18.6 Å². The van der Waals surface area contributed by atoms with Crippen LogP contribution in [-0.2, 0) is 9.53 Å². The fourth-order valence-corrected chi connectivity index (χ4v) is 1.10. The highest BCUT2D eigenvalue weighted by Gasteiger charge is 2.16. The summed E-state index contributed by atoms with van der Waals surface area (Å²) in [7, 11) is 0. The molecule has 0 aliphatic rings. The van der Waals surface area contributed by atoms with Crippen molar-refractivity contribution in [3.8, 4) is 0 Å². The molecule has 84 valence electrons. The SMILES string of the molecule is CC(C)(C)CCOC(=O)C(N)CCS. The zero-order valence-corrected chi connectivity index (χ0v) is 10.1. The highest BCUT2D eigenvalue weighted by Crippen LogP contribution is 2.17. The van der Waals surface area contributed by atoms with E-state index in [1.165, 1.54) is 0 Å². The largest absolute Gasteiger partial charge is 0.465 e. The number of carbonyl (C=O) groups excluding carboxylic acids is 1. The van der Waals surface area contributed by atoms with Crippen LogP contribution in [-0.4, -0.2) is 24.4 Å². The summed E-state index contributed by atoms with van der Waals surface area (Å²) >= 11 is 4.00. The maximum Gasteiger partial charge on any atom is 0.322 e. The van der Waals surface area contributed by atoms with Crippen LogP contribution < -0.4 is 5.73 Å². The first-order valence-electron chi connectivity index (χ1n) is 4.90. The second kappa shape index (κ2) is 6.30. The van der Waals surface area contributed by atoms with Gasteiger partial charge in [-0.1, -0.05) is 20.8 Å². The molecule has 0 aliphatic carbocycles. The van der Waals surface area contributed by atoms with E-state index in [-0.39, 0.29) is 11.4 Å². The van der Waals surface area contributed by atoms with E-state index in [0.29, 0.717) is 18.8 Å². The lowest BCUT2D eigenvalue weighted by molar-refractivity contribution is -0.145. The van der Waals surface area contributed by atoms with Crippen LogP contribution in [0.1, 0.15) is 33.6 Å². The molecule has 0 spiro atoms. The summed E-state index contributed by atoms with van der Waals surface area (Å²) in [6, 6.07) is -0.521. The number of esters is 1. The van der Waals surface area contributed by atoms with Gasteiger partial charge in [0, 0.05) is 0 Å². The van der Waals surface area contributed by atoms with Crippen molar-refractivity contribution in [3.05, 3.63) is 0 Å². The first-order valence-corrected chi connectivity index (χ1v) is 5.53. The zero-order chi connectivity index (χ0) is 11.2. The lowest BCUT2D eigenvalue weighted by atomic mass is 9.93. The van der Waals surface area contributed by atoms with Gasteiger partial charge in [-0.3, -0.25) is 4.79 Å². The lowest BCUT2D eigenvalue weighted by Gasteiger charge is -2.18. The topological polar surface area (TPSA) is 52.3 Å². The Bertz CT molecular complexity index is 177. The molecule has 0 rings (SSSR count). The molecule has 0 amide bonds. The van der Waals surface area contributed by atoms with Crippen LogP contribution in [0.2, 0.25) is 0 Å². The third-order valence-corrected chi connectivity index (χ3v) is 2.10. The average Bonchev–Trinajstić information content (AvgIpc) is 2.02. The molecule has 0 saturated carbocycles. The Morgan fingerprint density at radius 2 is 2.07 bits per heavy atom. The van der Waals surface area contributed by atoms with Gasteiger partial charge in [-0.15, -0.1) is 0 Å². The number of thiol groups is 1. The molecule has 1 unspecified atom stereocenters. The van der Waals surface area contributed by atoms with Gasteiger partial charge in [0.2, 0.25) is 0 Å². The fraction of sp³-hybridized carbons (Fsp3) is 0.900. The molecule has 0 aromatic heterocycles. The minimum absolute atomic E-state index is 0.188. The normalized spacial score (nSPS) is 13.8. The summed E-state index contributed by atoms with van der Waals surface area (Å²) in [4.78, 5) is 11.2. The van der Waals surface area contributed by atoms with Gasteiger partial charge in [-0.05, 0) is 24.0 Å². The molecule has 0 radical (unpaired) electrons. The third-order valence-electron chi connectivity index (χ3n) is 1.84. The van der Waals surface area contributed by atoms with Gasteiger partial charge >= 0.3 is 5.97 Å². The quantitative estimate of drug-likeness (QED) is 0.545. The van der Waals surface area contributed by atoms with E-state index >= 15 is 0 Å². The molecule has 0 aromatic carbocycles. The van der Waals surface area contributed by atoms with Crippen LogP contribution in [0.5, 0.6) is 0 Å². The van der Waals surface area contributed by atoms with E-state index in [9.17, 15) is 4.79 Å².